The van der Waals surface area contributed by atoms with Crippen LogP contribution in [0.2, 0.25) is 0 Å². The minimum absolute atomic E-state index is 0.0729. The number of benzene rings is 2. The molecule has 0 bridgehead atoms. The summed E-state index contributed by atoms with van der Waals surface area (Å²) in [6, 6.07) is 16.9. The van der Waals surface area contributed by atoms with E-state index in [1.165, 1.54) is 0 Å². The number of primary amides is 1. The lowest BCUT2D eigenvalue weighted by Gasteiger charge is -2.15. The molecule has 0 saturated carbocycles. The topological polar surface area (TPSA) is 128 Å². The monoisotopic (exact) mass is 417 g/mol. The van der Waals surface area contributed by atoms with E-state index < -0.39 is 34.7 Å². The smallest absolute Gasteiger partial charge is 0.407 e. The maximum Gasteiger partial charge on any atom is 0.407 e. The molecular formula is C20H23N3O5S. The standard InChI is InChI=1S/C20H23N3O5S/c21-19(25)17(11-12-29(27)16-9-5-2-6-10-16)23-18(24)13-22-20(26)28-14-15-7-3-1-4-8-15/h1-10,17H,11-14H2,(H2,21,25)(H,22,26)(H,23,24)/t17-,29+/m0/s1. The van der Waals surface area contributed by atoms with Crippen molar-refractivity contribution >= 4 is 28.7 Å². The van der Waals surface area contributed by atoms with Crippen LogP contribution in [0, 0.1) is 0 Å². The van der Waals surface area contributed by atoms with Crippen molar-refractivity contribution in [2.75, 3.05) is 12.3 Å². The quantitative estimate of drug-likeness (QED) is 0.533. The molecule has 3 amide bonds. The fraction of sp³-hybridized carbons (Fsp3) is 0.250. The van der Waals surface area contributed by atoms with E-state index in [4.69, 9.17) is 10.5 Å². The molecule has 0 aromatic heterocycles. The van der Waals surface area contributed by atoms with Gasteiger partial charge in [0.25, 0.3) is 0 Å². The Morgan fingerprint density at radius 3 is 2.24 bits per heavy atom. The number of ether oxygens (including phenoxy) is 1. The first kappa shape index (κ1) is 22.1. The molecule has 0 saturated heterocycles. The van der Waals surface area contributed by atoms with Gasteiger partial charge in [0.2, 0.25) is 11.8 Å². The van der Waals surface area contributed by atoms with E-state index in [0.29, 0.717) is 4.90 Å². The summed E-state index contributed by atoms with van der Waals surface area (Å²) in [4.78, 5) is 35.9. The molecule has 154 valence electrons. The van der Waals surface area contributed by atoms with Crippen LogP contribution in [0.5, 0.6) is 0 Å². The number of nitrogens with two attached hydrogens (primary N) is 1. The zero-order valence-corrected chi connectivity index (χ0v) is 16.5. The molecule has 2 rings (SSSR count). The van der Waals surface area contributed by atoms with Gasteiger partial charge in [-0.2, -0.15) is 0 Å². The average Bonchev–Trinajstić information content (AvgIpc) is 2.74. The van der Waals surface area contributed by atoms with Gasteiger partial charge < -0.3 is 21.1 Å². The van der Waals surface area contributed by atoms with Gasteiger partial charge in [0.1, 0.15) is 19.2 Å². The number of rotatable bonds is 10. The molecule has 4 N–H and O–H groups in total. The first-order valence-electron chi connectivity index (χ1n) is 8.92. The summed E-state index contributed by atoms with van der Waals surface area (Å²) in [5, 5.41) is 4.74. The molecule has 0 aliphatic heterocycles. The van der Waals surface area contributed by atoms with Gasteiger partial charge in [-0.3, -0.25) is 13.8 Å². The summed E-state index contributed by atoms with van der Waals surface area (Å²) in [6.45, 7) is -0.303. The van der Waals surface area contributed by atoms with Crippen LogP contribution in [0.3, 0.4) is 0 Å². The van der Waals surface area contributed by atoms with E-state index in [1.54, 1.807) is 36.4 Å². The number of nitrogens with one attached hydrogen (secondary N) is 2. The van der Waals surface area contributed by atoms with Gasteiger partial charge in [-0.1, -0.05) is 48.5 Å². The van der Waals surface area contributed by atoms with E-state index >= 15 is 0 Å². The Morgan fingerprint density at radius 2 is 1.62 bits per heavy atom. The van der Waals surface area contributed by atoms with Crippen LogP contribution >= 0.6 is 0 Å². The normalized spacial score (nSPS) is 12.4. The molecule has 0 heterocycles. The van der Waals surface area contributed by atoms with Gasteiger partial charge in [0.15, 0.2) is 0 Å². The van der Waals surface area contributed by atoms with Gasteiger partial charge in [-0.15, -0.1) is 0 Å². The highest BCUT2D eigenvalue weighted by atomic mass is 32.2. The van der Waals surface area contributed by atoms with Gasteiger partial charge in [0.05, 0.1) is 10.8 Å². The second-order valence-electron chi connectivity index (χ2n) is 6.09. The van der Waals surface area contributed by atoms with E-state index in [-0.39, 0.29) is 25.3 Å². The lowest BCUT2D eigenvalue weighted by molar-refractivity contribution is -0.126. The number of alkyl carbamates (subject to hydrolysis) is 1. The van der Waals surface area contributed by atoms with Crippen molar-refractivity contribution in [1.29, 1.82) is 0 Å². The molecule has 2 aromatic carbocycles. The van der Waals surface area contributed by atoms with Crippen molar-refractivity contribution in [3.8, 4) is 0 Å². The average molecular weight is 417 g/mol. The summed E-state index contributed by atoms with van der Waals surface area (Å²) in [5.41, 5.74) is 6.13. The van der Waals surface area contributed by atoms with Crippen LogP contribution < -0.4 is 16.4 Å². The molecule has 0 aliphatic rings. The van der Waals surface area contributed by atoms with Crippen LogP contribution in [0.1, 0.15) is 12.0 Å². The van der Waals surface area contributed by atoms with Crippen molar-refractivity contribution in [3.05, 3.63) is 66.2 Å². The minimum Gasteiger partial charge on any atom is -0.445 e. The molecular weight excluding hydrogens is 394 g/mol. The Kier molecular flexibility index (Phi) is 8.84. The zero-order chi connectivity index (χ0) is 21.1. The molecule has 8 nitrogen and oxygen atoms in total. The third-order valence-corrected chi connectivity index (χ3v) is 5.29. The summed E-state index contributed by atoms with van der Waals surface area (Å²) in [5.74, 6) is -1.18. The van der Waals surface area contributed by atoms with Crippen molar-refractivity contribution in [2.45, 2.75) is 24.0 Å². The predicted octanol–water partition coefficient (Wildman–Crippen LogP) is 1.08. The highest BCUT2D eigenvalue weighted by Crippen LogP contribution is 2.07. The molecule has 9 heteroatoms. The summed E-state index contributed by atoms with van der Waals surface area (Å²) < 4.78 is 17.2. The maximum absolute atomic E-state index is 12.2. The van der Waals surface area contributed by atoms with Crippen LogP contribution in [0.25, 0.3) is 0 Å². The van der Waals surface area contributed by atoms with Crippen LogP contribution in [0.15, 0.2) is 65.6 Å². The number of carbonyl (C=O) groups is 3. The lowest BCUT2D eigenvalue weighted by Crippen LogP contribution is -2.48. The van der Waals surface area contributed by atoms with Crippen LogP contribution in [0.4, 0.5) is 4.79 Å². The molecule has 0 fully saturated rings. The summed E-state index contributed by atoms with van der Waals surface area (Å²) in [7, 11) is -1.32. The zero-order valence-electron chi connectivity index (χ0n) is 15.7. The Hall–Kier alpha value is -3.20. The number of amides is 3. The molecule has 29 heavy (non-hydrogen) atoms. The van der Waals surface area contributed by atoms with Crippen LogP contribution in [-0.2, 0) is 31.7 Å². The maximum atomic E-state index is 12.2. The SMILES string of the molecule is NC(=O)[C@H](CC[S@@](=O)c1ccccc1)NC(=O)CNC(=O)OCc1ccccc1. The van der Waals surface area contributed by atoms with Crippen molar-refractivity contribution in [1.82, 2.24) is 10.6 Å². The second-order valence-corrected chi connectivity index (χ2v) is 7.66. The fourth-order valence-electron chi connectivity index (χ4n) is 2.37. The van der Waals surface area contributed by atoms with Crippen molar-refractivity contribution < 1.29 is 23.3 Å². The largest absolute Gasteiger partial charge is 0.445 e. The molecule has 2 atom stereocenters. The highest BCUT2D eigenvalue weighted by molar-refractivity contribution is 7.85. The minimum atomic E-state index is -1.32. The second kappa shape index (κ2) is 11.6. The van der Waals surface area contributed by atoms with E-state index in [2.05, 4.69) is 10.6 Å². The third kappa shape index (κ3) is 8.14. The molecule has 2 aromatic rings. The van der Waals surface area contributed by atoms with Gasteiger partial charge >= 0.3 is 6.09 Å². The highest BCUT2D eigenvalue weighted by Gasteiger charge is 2.19. The van der Waals surface area contributed by atoms with Crippen molar-refractivity contribution in [2.24, 2.45) is 5.73 Å². The van der Waals surface area contributed by atoms with Gasteiger partial charge in [-0.25, -0.2) is 4.79 Å². The molecule has 0 unspecified atom stereocenters. The first-order chi connectivity index (χ1) is 14.0. The first-order valence-corrected chi connectivity index (χ1v) is 10.2. The van der Waals surface area contributed by atoms with Gasteiger partial charge in [0, 0.05) is 10.6 Å². The van der Waals surface area contributed by atoms with E-state index in [9.17, 15) is 18.6 Å². The summed E-state index contributed by atoms with van der Waals surface area (Å²) >= 11 is 0. The Morgan fingerprint density at radius 1 is 1.00 bits per heavy atom. The third-order valence-electron chi connectivity index (χ3n) is 3.88. The number of hydrogen-bond donors (Lipinski definition) is 3. The molecule has 0 spiro atoms. The fourth-order valence-corrected chi connectivity index (χ4v) is 3.52. The Bertz CT molecular complexity index is 846. The number of carbonyl (C=O) groups excluding carboxylic acids is 3. The Balaban J connectivity index is 1.73. The lowest BCUT2D eigenvalue weighted by atomic mass is 10.2. The van der Waals surface area contributed by atoms with E-state index in [0.717, 1.165) is 5.56 Å². The predicted molar refractivity (Wildman–Crippen MR) is 108 cm³/mol. The molecule has 0 radical (unpaired) electrons. The summed E-state index contributed by atoms with van der Waals surface area (Å²) in [6.07, 6.45) is -0.647. The van der Waals surface area contributed by atoms with E-state index in [1.807, 2.05) is 24.3 Å². The van der Waals surface area contributed by atoms with Crippen molar-refractivity contribution in [3.63, 3.8) is 0 Å². The van der Waals surface area contributed by atoms with Crippen LogP contribution in [-0.4, -0.2) is 40.5 Å². The number of hydrogen-bond acceptors (Lipinski definition) is 5. The van der Waals surface area contributed by atoms with Gasteiger partial charge in [-0.05, 0) is 24.1 Å². The molecule has 0 aliphatic carbocycles. The Labute approximate surface area is 171 Å².